The Hall–Kier alpha value is -1.91. The number of hydrogen-bond acceptors (Lipinski definition) is 4. The molecule has 0 radical (unpaired) electrons. The minimum absolute atomic E-state index is 0.113. The van der Waals surface area contributed by atoms with Gasteiger partial charge in [0, 0.05) is 0 Å². The van der Waals surface area contributed by atoms with Crippen LogP contribution in [0.15, 0.2) is 18.2 Å². The van der Waals surface area contributed by atoms with Gasteiger partial charge in [0.15, 0.2) is 11.5 Å². The molecule has 5 nitrogen and oxygen atoms in total. The molecular formula is C15H22O5. The average Bonchev–Trinajstić information content (AvgIpc) is 2.41. The second-order valence-corrected chi connectivity index (χ2v) is 4.59. The third kappa shape index (κ3) is 5.82. The molecule has 112 valence electrons. The Labute approximate surface area is 119 Å². The van der Waals surface area contributed by atoms with Crippen molar-refractivity contribution in [3.05, 3.63) is 18.2 Å². The maximum absolute atomic E-state index is 10.4. The minimum Gasteiger partial charge on any atom is -0.502 e. The first kappa shape index (κ1) is 16.1. The zero-order valence-electron chi connectivity index (χ0n) is 11.8. The van der Waals surface area contributed by atoms with Crippen LogP contribution in [0.3, 0.4) is 0 Å². The van der Waals surface area contributed by atoms with Crippen LogP contribution < -0.4 is 9.47 Å². The van der Waals surface area contributed by atoms with E-state index in [1.54, 1.807) is 12.1 Å². The Morgan fingerprint density at radius 3 is 2.45 bits per heavy atom. The van der Waals surface area contributed by atoms with Crippen molar-refractivity contribution in [2.75, 3.05) is 6.61 Å². The van der Waals surface area contributed by atoms with Gasteiger partial charge in [-0.3, -0.25) is 0 Å². The van der Waals surface area contributed by atoms with Gasteiger partial charge in [-0.15, -0.1) is 0 Å². The van der Waals surface area contributed by atoms with E-state index in [2.05, 4.69) is 11.7 Å². The quantitative estimate of drug-likeness (QED) is 0.403. The maximum Gasteiger partial charge on any atom is 0.511 e. The van der Waals surface area contributed by atoms with E-state index in [9.17, 15) is 9.90 Å². The first-order valence-corrected chi connectivity index (χ1v) is 7.00. The zero-order valence-corrected chi connectivity index (χ0v) is 11.8. The molecule has 0 aliphatic carbocycles. The SMILES string of the molecule is CCCCCCCCOc1cccc(OC(=O)O)c1O. The summed E-state index contributed by atoms with van der Waals surface area (Å²) in [6, 6.07) is 4.54. The maximum atomic E-state index is 10.4. The molecule has 0 aromatic heterocycles. The Kier molecular flexibility index (Phi) is 7.32. The lowest BCUT2D eigenvalue weighted by Crippen LogP contribution is -2.04. The molecule has 2 N–H and O–H groups in total. The van der Waals surface area contributed by atoms with Crippen molar-refractivity contribution in [3.63, 3.8) is 0 Å². The number of ether oxygens (including phenoxy) is 2. The fourth-order valence-corrected chi connectivity index (χ4v) is 1.86. The van der Waals surface area contributed by atoms with Crippen LogP contribution in [0.25, 0.3) is 0 Å². The molecule has 0 amide bonds. The second kappa shape index (κ2) is 9.07. The first-order chi connectivity index (χ1) is 9.65. The van der Waals surface area contributed by atoms with Gasteiger partial charge in [-0.05, 0) is 18.6 Å². The van der Waals surface area contributed by atoms with Gasteiger partial charge in [-0.25, -0.2) is 4.79 Å². The van der Waals surface area contributed by atoms with E-state index in [-0.39, 0.29) is 17.2 Å². The monoisotopic (exact) mass is 282 g/mol. The number of benzene rings is 1. The molecule has 0 saturated heterocycles. The highest BCUT2D eigenvalue weighted by Crippen LogP contribution is 2.35. The summed E-state index contributed by atoms with van der Waals surface area (Å²) in [7, 11) is 0. The molecule has 0 atom stereocenters. The minimum atomic E-state index is -1.46. The van der Waals surface area contributed by atoms with Crippen LogP contribution in [0.5, 0.6) is 17.2 Å². The normalized spacial score (nSPS) is 10.2. The Morgan fingerprint density at radius 1 is 1.10 bits per heavy atom. The van der Waals surface area contributed by atoms with E-state index in [1.807, 2.05) is 0 Å². The van der Waals surface area contributed by atoms with Crippen LogP contribution in [0.4, 0.5) is 4.79 Å². The smallest absolute Gasteiger partial charge is 0.502 e. The molecule has 0 fully saturated rings. The van der Waals surface area contributed by atoms with Crippen molar-refractivity contribution in [3.8, 4) is 17.2 Å². The van der Waals surface area contributed by atoms with E-state index in [0.717, 1.165) is 12.8 Å². The van der Waals surface area contributed by atoms with Gasteiger partial charge >= 0.3 is 6.16 Å². The lowest BCUT2D eigenvalue weighted by Gasteiger charge is -2.10. The molecule has 0 unspecified atom stereocenters. The van der Waals surface area contributed by atoms with Crippen LogP contribution in [-0.2, 0) is 0 Å². The number of rotatable bonds is 9. The van der Waals surface area contributed by atoms with Crippen molar-refractivity contribution < 1.29 is 24.5 Å². The number of unbranched alkanes of at least 4 members (excludes halogenated alkanes) is 5. The molecule has 0 spiro atoms. The molecule has 0 heterocycles. The zero-order chi connectivity index (χ0) is 14.8. The third-order valence-corrected chi connectivity index (χ3v) is 2.91. The van der Waals surface area contributed by atoms with Crippen LogP contribution in [0.2, 0.25) is 0 Å². The highest BCUT2D eigenvalue weighted by atomic mass is 16.7. The van der Waals surface area contributed by atoms with Gasteiger partial charge < -0.3 is 19.7 Å². The summed E-state index contributed by atoms with van der Waals surface area (Å²) in [6.07, 6.45) is 5.44. The first-order valence-electron chi connectivity index (χ1n) is 7.00. The largest absolute Gasteiger partial charge is 0.511 e. The van der Waals surface area contributed by atoms with Crippen molar-refractivity contribution in [1.82, 2.24) is 0 Å². The number of carboxylic acid groups (broad SMARTS) is 1. The van der Waals surface area contributed by atoms with Crippen LogP contribution in [0, 0.1) is 0 Å². The van der Waals surface area contributed by atoms with E-state index >= 15 is 0 Å². The summed E-state index contributed by atoms with van der Waals surface area (Å²) in [5.41, 5.74) is 0. The van der Waals surface area contributed by atoms with Gasteiger partial charge in [0.2, 0.25) is 5.75 Å². The van der Waals surface area contributed by atoms with Gasteiger partial charge in [0.05, 0.1) is 6.61 Å². The molecular weight excluding hydrogens is 260 g/mol. The van der Waals surface area contributed by atoms with E-state index in [4.69, 9.17) is 9.84 Å². The molecule has 0 saturated carbocycles. The molecule has 1 aromatic rings. The Bertz CT molecular complexity index is 417. The van der Waals surface area contributed by atoms with E-state index < -0.39 is 6.16 Å². The summed E-state index contributed by atoms with van der Waals surface area (Å²) in [5, 5.41) is 18.3. The average molecular weight is 282 g/mol. The predicted molar refractivity (Wildman–Crippen MR) is 75.6 cm³/mol. The lowest BCUT2D eigenvalue weighted by molar-refractivity contribution is 0.142. The number of carbonyl (C=O) groups is 1. The molecule has 5 heteroatoms. The van der Waals surface area contributed by atoms with Gasteiger partial charge in [0.25, 0.3) is 0 Å². The fraction of sp³-hybridized carbons (Fsp3) is 0.533. The molecule has 1 rings (SSSR count). The Balaban J connectivity index is 2.35. The van der Waals surface area contributed by atoms with Gasteiger partial charge in [-0.2, -0.15) is 0 Å². The summed E-state index contributed by atoms with van der Waals surface area (Å²) in [4.78, 5) is 10.4. The standard InChI is InChI=1S/C15H22O5/c1-2-3-4-5-6-7-11-19-12-9-8-10-13(14(12)16)20-15(17)18/h8-10,16H,2-7,11H2,1H3,(H,17,18). The Morgan fingerprint density at radius 2 is 1.75 bits per heavy atom. The third-order valence-electron chi connectivity index (χ3n) is 2.91. The molecule has 0 aliphatic rings. The van der Waals surface area contributed by atoms with Crippen LogP contribution >= 0.6 is 0 Å². The fourth-order valence-electron chi connectivity index (χ4n) is 1.86. The van der Waals surface area contributed by atoms with Gasteiger partial charge in [0.1, 0.15) is 0 Å². The highest BCUT2D eigenvalue weighted by Gasteiger charge is 2.12. The number of para-hydroxylation sites is 1. The van der Waals surface area contributed by atoms with Crippen LogP contribution in [-0.4, -0.2) is 23.0 Å². The van der Waals surface area contributed by atoms with Crippen molar-refractivity contribution in [2.45, 2.75) is 45.4 Å². The van der Waals surface area contributed by atoms with E-state index in [1.165, 1.54) is 31.7 Å². The number of hydrogen-bond donors (Lipinski definition) is 2. The van der Waals surface area contributed by atoms with Crippen LogP contribution in [0.1, 0.15) is 45.4 Å². The number of aromatic hydroxyl groups is 1. The number of phenolic OH excluding ortho intramolecular Hbond substituents is 1. The topological polar surface area (TPSA) is 76.0 Å². The van der Waals surface area contributed by atoms with Crippen molar-refractivity contribution >= 4 is 6.16 Å². The van der Waals surface area contributed by atoms with Crippen molar-refractivity contribution in [2.24, 2.45) is 0 Å². The van der Waals surface area contributed by atoms with E-state index in [0.29, 0.717) is 6.61 Å². The molecule has 0 bridgehead atoms. The number of phenols is 1. The predicted octanol–water partition coefficient (Wildman–Crippen LogP) is 4.19. The molecule has 20 heavy (non-hydrogen) atoms. The lowest BCUT2D eigenvalue weighted by atomic mass is 10.1. The summed E-state index contributed by atoms with van der Waals surface area (Å²) < 4.78 is 9.89. The summed E-state index contributed by atoms with van der Waals surface area (Å²) >= 11 is 0. The second-order valence-electron chi connectivity index (χ2n) is 4.59. The highest BCUT2D eigenvalue weighted by molar-refractivity contribution is 5.64. The van der Waals surface area contributed by atoms with Gasteiger partial charge in [-0.1, -0.05) is 45.1 Å². The molecule has 1 aromatic carbocycles. The summed E-state index contributed by atoms with van der Waals surface area (Å²) in [5.74, 6) is -0.142. The summed E-state index contributed by atoms with van der Waals surface area (Å²) in [6.45, 7) is 2.67. The van der Waals surface area contributed by atoms with Crippen molar-refractivity contribution in [1.29, 1.82) is 0 Å². The molecule has 0 aliphatic heterocycles.